The molecule has 4 aromatic rings. The van der Waals surface area contributed by atoms with Gasteiger partial charge in [-0.05, 0) is 12.1 Å². The fourth-order valence-corrected chi connectivity index (χ4v) is 2.39. The molecular weight excluding hydrogens is 268 g/mol. The molecule has 8 heteroatoms. The van der Waals surface area contributed by atoms with Crippen LogP contribution < -0.4 is 11.1 Å². The zero-order chi connectivity index (χ0) is 14.4. The van der Waals surface area contributed by atoms with Crippen molar-refractivity contribution in [1.82, 2.24) is 29.2 Å². The van der Waals surface area contributed by atoms with Crippen LogP contribution in [0.3, 0.4) is 0 Å². The highest BCUT2D eigenvalue weighted by Gasteiger charge is 2.13. The van der Waals surface area contributed by atoms with Crippen LogP contribution in [0.5, 0.6) is 0 Å². The van der Waals surface area contributed by atoms with E-state index in [0.717, 1.165) is 22.4 Å². The molecule has 0 aliphatic heterocycles. The van der Waals surface area contributed by atoms with Crippen LogP contribution in [0.25, 0.3) is 22.4 Å². The third kappa shape index (κ3) is 1.69. The SMILES string of the molecule is CNc1nc(N)nn2ccc(-c3ccn4nccc4n3)c12. The van der Waals surface area contributed by atoms with Crippen LogP contribution in [-0.4, -0.2) is 36.2 Å². The Bertz CT molecular complexity index is 951. The van der Waals surface area contributed by atoms with E-state index < -0.39 is 0 Å². The lowest BCUT2D eigenvalue weighted by molar-refractivity contribution is 0.918. The van der Waals surface area contributed by atoms with Crippen LogP contribution in [0.1, 0.15) is 0 Å². The number of nitrogens with zero attached hydrogens (tertiary/aromatic N) is 6. The van der Waals surface area contributed by atoms with E-state index in [0.29, 0.717) is 5.82 Å². The minimum Gasteiger partial charge on any atom is -0.371 e. The normalized spacial score (nSPS) is 11.3. The molecule has 0 bridgehead atoms. The molecule has 0 saturated carbocycles. The number of nitrogens with two attached hydrogens (primary N) is 1. The van der Waals surface area contributed by atoms with Gasteiger partial charge in [0.2, 0.25) is 5.95 Å². The van der Waals surface area contributed by atoms with Gasteiger partial charge in [0.15, 0.2) is 11.5 Å². The van der Waals surface area contributed by atoms with Gasteiger partial charge in [-0.3, -0.25) is 0 Å². The van der Waals surface area contributed by atoms with Crippen molar-refractivity contribution in [3.8, 4) is 11.3 Å². The molecule has 0 radical (unpaired) electrons. The Kier molecular flexibility index (Phi) is 2.31. The quantitative estimate of drug-likeness (QED) is 0.569. The number of nitrogens with one attached hydrogen (secondary N) is 1. The number of hydrogen-bond donors (Lipinski definition) is 2. The van der Waals surface area contributed by atoms with Gasteiger partial charge in [-0.2, -0.15) is 10.1 Å². The second-order valence-corrected chi connectivity index (χ2v) is 4.54. The van der Waals surface area contributed by atoms with Crippen molar-refractivity contribution in [3.63, 3.8) is 0 Å². The summed E-state index contributed by atoms with van der Waals surface area (Å²) >= 11 is 0. The van der Waals surface area contributed by atoms with Gasteiger partial charge in [-0.15, -0.1) is 5.10 Å². The predicted molar refractivity (Wildman–Crippen MR) is 78.9 cm³/mol. The van der Waals surface area contributed by atoms with Crippen molar-refractivity contribution in [2.45, 2.75) is 0 Å². The Hall–Kier alpha value is -3.16. The Morgan fingerprint density at radius 2 is 1.95 bits per heavy atom. The molecule has 0 fully saturated rings. The van der Waals surface area contributed by atoms with Gasteiger partial charge in [0.25, 0.3) is 0 Å². The molecule has 0 amide bonds. The molecule has 4 aromatic heterocycles. The fraction of sp³-hybridized carbons (Fsp3) is 0.0769. The van der Waals surface area contributed by atoms with Gasteiger partial charge < -0.3 is 11.1 Å². The number of rotatable bonds is 2. The Balaban J connectivity index is 2.01. The molecule has 0 atom stereocenters. The summed E-state index contributed by atoms with van der Waals surface area (Å²) in [5.74, 6) is 0.880. The molecule has 0 aromatic carbocycles. The number of fused-ring (bicyclic) bond motifs is 2. The van der Waals surface area contributed by atoms with Crippen molar-refractivity contribution < 1.29 is 0 Å². The molecule has 0 aliphatic rings. The summed E-state index contributed by atoms with van der Waals surface area (Å²) in [6, 6.07) is 5.71. The van der Waals surface area contributed by atoms with Crippen LogP contribution in [0.4, 0.5) is 11.8 Å². The van der Waals surface area contributed by atoms with Gasteiger partial charge >= 0.3 is 0 Å². The van der Waals surface area contributed by atoms with Crippen LogP contribution >= 0.6 is 0 Å². The lowest BCUT2D eigenvalue weighted by atomic mass is 10.2. The van der Waals surface area contributed by atoms with Crippen LogP contribution in [0, 0.1) is 0 Å². The minimum absolute atomic E-state index is 0.216. The van der Waals surface area contributed by atoms with Crippen molar-refractivity contribution >= 4 is 22.9 Å². The minimum atomic E-state index is 0.216. The third-order valence-electron chi connectivity index (χ3n) is 3.30. The van der Waals surface area contributed by atoms with E-state index >= 15 is 0 Å². The van der Waals surface area contributed by atoms with E-state index in [-0.39, 0.29) is 5.95 Å². The maximum atomic E-state index is 5.70. The van der Waals surface area contributed by atoms with E-state index in [4.69, 9.17) is 5.73 Å². The largest absolute Gasteiger partial charge is 0.371 e. The molecule has 3 N–H and O–H groups in total. The first-order chi connectivity index (χ1) is 10.3. The summed E-state index contributed by atoms with van der Waals surface area (Å²) in [5.41, 5.74) is 9.08. The Morgan fingerprint density at radius 1 is 1.10 bits per heavy atom. The highest BCUT2D eigenvalue weighted by Crippen LogP contribution is 2.28. The van der Waals surface area contributed by atoms with Crippen molar-refractivity contribution in [1.29, 1.82) is 0 Å². The van der Waals surface area contributed by atoms with Gasteiger partial charge in [0, 0.05) is 31.1 Å². The second-order valence-electron chi connectivity index (χ2n) is 4.54. The molecule has 21 heavy (non-hydrogen) atoms. The molecule has 4 rings (SSSR count). The third-order valence-corrected chi connectivity index (χ3v) is 3.30. The number of anilines is 2. The van der Waals surface area contributed by atoms with E-state index in [1.54, 1.807) is 22.3 Å². The van der Waals surface area contributed by atoms with Crippen molar-refractivity contribution in [2.24, 2.45) is 0 Å². The molecule has 0 unspecified atom stereocenters. The van der Waals surface area contributed by atoms with Gasteiger partial charge in [-0.25, -0.2) is 14.0 Å². The summed E-state index contributed by atoms with van der Waals surface area (Å²) in [6.45, 7) is 0. The van der Waals surface area contributed by atoms with Crippen LogP contribution in [0.15, 0.2) is 36.8 Å². The summed E-state index contributed by atoms with van der Waals surface area (Å²) in [5, 5.41) is 11.4. The molecule has 0 aliphatic carbocycles. The monoisotopic (exact) mass is 280 g/mol. The Morgan fingerprint density at radius 3 is 2.81 bits per heavy atom. The average molecular weight is 280 g/mol. The van der Waals surface area contributed by atoms with Gasteiger partial charge in [-0.1, -0.05) is 0 Å². The van der Waals surface area contributed by atoms with E-state index in [1.807, 2.05) is 30.6 Å². The maximum Gasteiger partial charge on any atom is 0.240 e. The van der Waals surface area contributed by atoms with E-state index in [1.165, 1.54) is 0 Å². The molecule has 104 valence electrons. The molecule has 4 heterocycles. The van der Waals surface area contributed by atoms with Crippen LogP contribution in [0.2, 0.25) is 0 Å². The lowest BCUT2D eigenvalue weighted by Gasteiger charge is -2.06. The highest BCUT2D eigenvalue weighted by molar-refractivity contribution is 5.87. The standard InChI is InChI=1S/C13H12N8/c1-15-12-11-8(3-6-21(11)19-13(14)18-12)9-4-7-20-10(17-9)2-5-16-20/h2-7H,1H3,(H3,14,15,18,19). The Labute approximate surface area is 119 Å². The first kappa shape index (κ1) is 11.6. The first-order valence-electron chi connectivity index (χ1n) is 6.39. The average Bonchev–Trinajstić information content (AvgIpc) is 3.11. The molecule has 8 nitrogen and oxygen atoms in total. The number of hydrogen-bond acceptors (Lipinski definition) is 6. The summed E-state index contributed by atoms with van der Waals surface area (Å²) in [4.78, 5) is 8.82. The zero-order valence-corrected chi connectivity index (χ0v) is 11.2. The summed E-state index contributed by atoms with van der Waals surface area (Å²) < 4.78 is 3.42. The van der Waals surface area contributed by atoms with Crippen LogP contribution in [-0.2, 0) is 0 Å². The first-order valence-corrected chi connectivity index (χ1v) is 6.39. The van der Waals surface area contributed by atoms with E-state index in [2.05, 4.69) is 25.5 Å². The lowest BCUT2D eigenvalue weighted by Crippen LogP contribution is -2.05. The summed E-state index contributed by atoms with van der Waals surface area (Å²) in [7, 11) is 1.80. The number of nitrogen functional groups attached to an aromatic ring is 1. The summed E-state index contributed by atoms with van der Waals surface area (Å²) in [6.07, 6.45) is 5.43. The van der Waals surface area contributed by atoms with E-state index in [9.17, 15) is 0 Å². The van der Waals surface area contributed by atoms with Crippen molar-refractivity contribution in [3.05, 3.63) is 36.8 Å². The van der Waals surface area contributed by atoms with Gasteiger partial charge in [0.05, 0.1) is 11.9 Å². The zero-order valence-electron chi connectivity index (χ0n) is 11.2. The molecule has 0 spiro atoms. The fourth-order valence-electron chi connectivity index (χ4n) is 2.39. The molecular formula is C13H12N8. The predicted octanol–water partition coefficient (Wildman–Crippen LogP) is 1.06. The van der Waals surface area contributed by atoms with Gasteiger partial charge in [0.1, 0.15) is 5.52 Å². The van der Waals surface area contributed by atoms with Crippen molar-refractivity contribution in [2.75, 3.05) is 18.1 Å². The highest BCUT2D eigenvalue weighted by atomic mass is 15.3. The maximum absolute atomic E-state index is 5.70. The second kappa shape index (κ2) is 4.17. The topological polar surface area (TPSA) is 98.4 Å². The molecule has 0 saturated heterocycles. The number of aromatic nitrogens is 6. The smallest absolute Gasteiger partial charge is 0.240 e.